The molecular formula is C16H25N3O4. The maximum Gasteiger partial charge on any atom is 0.332 e. The number of nitrogens with zero attached hydrogens (tertiary/aromatic N) is 1. The van der Waals surface area contributed by atoms with Crippen LogP contribution in [0.25, 0.3) is 0 Å². The van der Waals surface area contributed by atoms with E-state index < -0.39 is 11.6 Å². The standard InChI is InChI=1S/C16H25N3O4/c1-12(2)16(10-20,18-15(21)19(3)17)11-23-9-13-5-7-14(22-4)8-6-13/h5-8,10,12H,9,11,17H2,1-4H3,(H,18,21). The van der Waals surface area contributed by atoms with E-state index in [9.17, 15) is 9.59 Å². The average Bonchev–Trinajstić information content (AvgIpc) is 2.53. The molecule has 7 heteroatoms. The number of rotatable bonds is 8. The van der Waals surface area contributed by atoms with Gasteiger partial charge in [-0.2, -0.15) is 0 Å². The number of benzene rings is 1. The van der Waals surface area contributed by atoms with Crippen LogP contribution in [0.4, 0.5) is 4.79 Å². The molecule has 0 aliphatic rings. The maximum absolute atomic E-state index is 11.8. The van der Waals surface area contributed by atoms with Gasteiger partial charge in [0.25, 0.3) is 0 Å². The number of carbonyl (C=O) groups excluding carboxylic acids is 2. The van der Waals surface area contributed by atoms with Gasteiger partial charge < -0.3 is 19.6 Å². The highest BCUT2D eigenvalue weighted by Gasteiger charge is 2.36. The van der Waals surface area contributed by atoms with Crippen LogP contribution in [-0.2, 0) is 16.1 Å². The van der Waals surface area contributed by atoms with Crippen LogP contribution in [0.3, 0.4) is 0 Å². The molecule has 1 aromatic carbocycles. The number of methoxy groups -OCH3 is 1. The third-order valence-electron chi connectivity index (χ3n) is 3.67. The monoisotopic (exact) mass is 323 g/mol. The summed E-state index contributed by atoms with van der Waals surface area (Å²) in [4.78, 5) is 23.4. The van der Waals surface area contributed by atoms with Gasteiger partial charge in [0.05, 0.1) is 20.3 Å². The zero-order valence-electron chi connectivity index (χ0n) is 14.0. The summed E-state index contributed by atoms with van der Waals surface area (Å²) in [6.45, 7) is 4.05. The molecule has 23 heavy (non-hydrogen) atoms. The molecule has 0 aliphatic heterocycles. The van der Waals surface area contributed by atoms with Crippen molar-refractivity contribution in [2.24, 2.45) is 11.8 Å². The van der Waals surface area contributed by atoms with Crippen LogP contribution in [0.2, 0.25) is 0 Å². The van der Waals surface area contributed by atoms with Gasteiger partial charge in [-0.1, -0.05) is 26.0 Å². The molecule has 1 unspecified atom stereocenters. The third-order valence-corrected chi connectivity index (χ3v) is 3.67. The molecule has 0 radical (unpaired) electrons. The van der Waals surface area contributed by atoms with Crippen molar-refractivity contribution in [3.05, 3.63) is 29.8 Å². The molecule has 128 valence electrons. The Hall–Kier alpha value is -2.12. The van der Waals surface area contributed by atoms with Crippen LogP contribution in [0, 0.1) is 5.92 Å². The lowest BCUT2D eigenvalue weighted by atomic mass is 9.88. The summed E-state index contributed by atoms with van der Waals surface area (Å²) in [5.41, 5.74) is -0.186. The van der Waals surface area contributed by atoms with E-state index in [0.29, 0.717) is 12.9 Å². The number of nitrogens with two attached hydrogens (primary N) is 1. The number of aldehydes is 1. The fourth-order valence-electron chi connectivity index (χ4n) is 1.89. The van der Waals surface area contributed by atoms with Gasteiger partial charge in [0, 0.05) is 7.05 Å². The van der Waals surface area contributed by atoms with E-state index in [0.717, 1.165) is 16.3 Å². The predicted molar refractivity (Wildman–Crippen MR) is 86.8 cm³/mol. The Balaban J connectivity index is 2.70. The van der Waals surface area contributed by atoms with E-state index in [4.69, 9.17) is 15.3 Å². The zero-order chi connectivity index (χ0) is 17.5. The van der Waals surface area contributed by atoms with Crippen LogP contribution in [0.1, 0.15) is 19.4 Å². The van der Waals surface area contributed by atoms with Crippen molar-refractivity contribution in [2.45, 2.75) is 26.0 Å². The summed E-state index contributed by atoms with van der Waals surface area (Å²) in [5, 5.41) is 3.53. The predicted octanol–water partition coefficient (Wildman–Crippen LogP) is 1.32. The molecule has 0 aromatic heterocycles. The molecule has 0 fully saturated rings. The van der Waals surface area contributed by atoms with E-state index in [2.05, 4.69) is 5.32 Å². The minimum Gasteiger partial charge on any atom is -0.497 e. The van der Waals surface area contributed by atoms with E-state index in [1.807, 2.05) is 38.1 Å². The fourth-order valence-corrected chi connectivity index (χ4v) is 1.89. The highest BCUT2D eigenvalue weighted by molar-refractivity contribution is 5.80. The van der Waals surface area contributed by atoms with Crippen molar-refractivity contribution in [2.75, 3.05) is 20.8 Å². The fraction of sp³-hybridized carbons (Fsp3) is 0.500. The highest BCUT2D eigenvalue weighted by Crippen LogP contribution is 2.17. The highest BCUT2D eigenvalue weighted by atomic mass is 16.5. The van der Waals surface area contributed by atoms with Crippen molar-refractivity contribution in [1.29, 1.82) is 0 Å². The molecule has 2 amide bonds. The van der Waals surface area contributed by atoms with Gasteiger partial charge in [-0.05, 0) is 23.6 Å². The number of nitrogens with one attached hydrogen (secondary N) is 1. The zero-order valence-corrected chi connectivity index (χ0v) is 14.0. The second-order valence-corrected chi connectivity index (χ2v) is 5.69. The van der Waals surface area contributed by atoms with Crippen molar-refractivity contribution >= 4 is 12.3 Å². The van der Waals surface area contributed by atoms with Crippen LogP contribution in [0.15, 0.2) is 24.3 Å². The summed E-state index contributed by atoms with van der Waals surface area (Å²) in [6.07, 6.45) is 0.701. The molecule has 1 atom stereocenters. The second-order valence-electron chi connectivity index (χ2n) is 5.69. The Labute approximate surface area is 136 Å². The molecular weight excluding hydrogens is 298 g/mol. The number of hydrazine groups is 1. The van der Waals surface area contributed by atoms with Gasteiger partial charge in [0.15, 0.2) is 0 Å². The first-order valence-electron chi connectivity index (χ1n) is 7.32. The number of ether oxygens (including phenoxy) is 2. The minimum atomic E-state index is -1.13. The summed E-state index contributed by atoms with van der Waals surface area (Å²) >= 11 is 0. The topological polar surface area (TPSA) is 93.9 Å². The van der Waals surface area contributed by atoms with Gasteiger partial charge in [0.1, 0.15) is 17.6 Å². The first-order valence-corrected chi connectivity index (χ1v) is 7.32. The molecule has 0 saturated heterocycles. The summed E-state index contributed by atoms with van der Waals surface area (Å²) in [6, 6.07) is 6.88. The maximum atomic E-state index is 11.8. The van der Waals surface area contributed by atoms with Crippen molar-refractivity contribution in [1.82, 2.24) is 10.3 Å². The molecule has 0 bridgehead atoms. The summed E-state index contributed by atoms with van der Waals surface area (Å²) in [5.74, 6) is 6.01. The third kappa shape index (κ3) is 5.22. The van der Waals surface area contributed by atoms with E-state index >= 15 is 0 Å². The van der Waals surface area contributed by atoms with E-state index in [1.54, 1.807) is 7.11 Å². The molecule has 0 heterocycles. The molecule has 3 N–H and O–H groups in total. The first kappa shape index (κ1) is 18.9. The Bertz CT molecular complexity index is 517. The van der Waals surface area contributed by atoms with Crippen molar-refractivity contribution < 1.29 is 19.1 Å². The number of hydrogen-bond acceptors (Lipinski definition) is 5. The SMILES string of the molecule is COc1ccc(COCC(C=O)(NC(=O)N(C)N)C(C)C)cc1. The first-order chi connectivity index (χ1) is 10.8. The van der Waals surface area contributed by atoms with Gasteiger partial charge >= 0.3 is 6.03 Å². The lowest BCUT2D eigenvalue weighted by molar-refractivity contribution is -0.117. The number of hydrogen-bond donors (Lipinski definition) is 2. The Morgan fingerprint density at radius 1 is 1.39 bits per heavy atom. The molecule has 0 aliphatic carbocycles. The van der Waals surface area contributed by atoms with Gasteiger partial charge in [-0.25, -0.2) is 10.6 Å². The number of urea groups is 1. The Morgan fingerprint density at radius 3 is 2.43 bits per heavy atom. The molecule has 0 saturated carbocycles. The summed E-state index contributed by atoms with van der Waals surface area (Å²) in [7, 11) is 3.01. The van der Waals surface area contributed by atoms with Gasteiger partial charge in [0.2, 0.25) is 0 Å². The largest absolute Gasteiger partial charge is 0.497 e. The van der Waals surface area contributed by atoms with Crippen molar-refractivity contribution in [3.63, 3.8) is 0 Å². The molecule has 1 aromatic rings. The quantitative estimate of drug-likeness (QED) is 0.326. The normalized spacial score (nSPS) is 13.3. The van der Waals surface area contributed by atoms with Crippen LogP contribution in [-0.4, -0.2) is 43.6 Å². The number of amides is 2. The molecule has 0 spiro atoms. The smallest absolute Gasteiger partial charge is 0.332 e. The number of carbonyl (C=O) groups is 2. The average molecular weight is 323 g/mol. The van der Waals surface area contributed by atoms with Crippen LogP contribution in [0.5, 0.6) is 5.75 Å². The van der Waals surface area contributed by atoms with E-state index in [1.165, 1.54) is 7.05 Å². The summed E-state index contributed by atoms with van der Waals surface area (Å²) < 4.78 is 10.7. The van der Waals surface area contributed by atoms with Gasteiger partial charge in [-0.15, -0.1) is 0 Å². The molecule has 7 nitrogen and oxygen atoms in total. The second kappa shape index (κ2) is 8.50. The van der Waals surface area contributed by atoms with Crippen LogP contribution < -0.4 is 15.9 Å². The molecule has 1 rings (SSSR count). The lowest BCUT2D eigenvalue weighted by Gasteiger charge is -2.33. The van der Waals surface area contributed by atoms with Crippen LogP contribution >= 0.6 is 0 Å². The van der Waals surface area contributed by atoms with Gasteiger partial charge in [-0.3, -0.25) is 5.01 Å². The Kier molecular flexibility index (Phi) is 6.99. The minimum absolute atomic E-state index is 0.0553. The van der Waals surface area contributed by atoms with E-state index in [-0.39, 0.29) is 12.5 Å². The lowest BCUT2D eigenvalue weighted by Crippen LogP contribution is -2.60. The Morgan fingerprint density at radius 2 is 2.00 bits per heavy atom. The van der Waals surface area contributed by atoms with Crippen molar-refractivity contribution in [3.8, 4) is 5.75 Å².